The molecule has 1 rings (SSSR count). The maximum atomic E-state index is 12.2. The molecule has 0 saturated heterocycles. The van der Waals surface area contributed by atoms with Crippen molar-refractivity contribution >= 4 is 17.2 Å². The molecule has 1 aromatic heterocycles. The van der Waals surface area contributed by atoms with Crippen LogP contribution in [0.4, 0.5) is 13.2 Å². The maximum Gasteiger partial charge on any atom is 0.434 e. The smallest absolute Gasteiger partial charge is 0.352 e. The van der Waals surface area contributed by atoms with Gasteiger partial charge in [0, 0.05) is 6.54 Å². The van der Waals surface area contributed by atoms with Crippen LogP contribution < -0.4 is 5.32 Å². The second-order valence-corrected chi connectivity index (χ2v) is 3.24. The molecule has 0 saturated carbocycles. The first-order valence-corrected chi connectivity index (χ1v) is 4.63. The Morgan fingerprint density at radius 3 is 2.79 bits per heavy atom. The van der Waals surface area contributed by atoms with Gasteiger partial charge in [-0.05, 0) is 6.92 Å². The average Bonchev–Trinajstić information content (AvgIpc) is 2.50. The number of amides is 1. The molecule has 1 amide bonds. The van der Waals surface area contributed by atoms with Crippen molar-refractivity contribution in [1.82, 2.24) is 10.3 Å². The molecule has 1 aromatic rings. The van der Waals surface area contributed by atoms with Gasteiger partial charge in [-0.3, -0.25) is 4.79 Å². The zero-order chi connectivity index (χ0) is 10.8. The lowest BCUT2D eigenvalue weighted by atomic mass is 10.3. The van der Waals surface area contributed by atoms with E-state index in [9.17, 15) is 18.0 Å². The van der Waals surface area contributed by atoms with E-state index in [1.54, 1.807) is 6.92 Å². The Hall–Kier alpha value is -1.11. The van der Waals surface area contributed by atoms with E-state index in [1.165, 1.54) is 0 Å². The minimum absolute atomic E-state index is 0.286. The number of alkyl halides is 3. The van der Waals surface area contributed by atoms with Crippen LogP contribution in [0.25, 0.3) is 0 Å². The van der Waals surface area contributed by atoms with Gasteiger partial charge in [-0.2, -0.15) is 13.2 Å². The summed E-state index contributed by atoms with van der Waals surface area (Å²) >= 11 is 0.681. The molecule has 0 bridgehead atoms. The maximum absolute atomic E-state index is 12.2. The van der Waals surface area contributed by atoms with Crippen molar-refractivity contribution in [3.63, 3.8) is 0 Å². The van der Waals surface area contributed by atoms with E-state index in [-0.39, 0.29) is 11.4 Å². The van der Waals surface area contributed by atoms with Crippen LogP contribution >= 0.6 is 11.3 Å². The first-order chi connectivity index (χ1) is 6.46. The molecule has 78 valence electrons. The van der Waals surface area contributed by atoms with Crippen molar-refractivity contribution in [2.24, 2.45) is 0 Å². The molecule has 7 heteroatoms. The highest BCUT2D eigenvalue weighted by Gasteiger charge is 2.38. The van der Waals surface area contributed by atoms with Gasteiger partial charge in [0.25, 0.3) is 5.91 Å². The molecule has 14 heavy (non-hydrogen) atoms. The Balaban J connectivity index is 2.99. The fourth-order valence-corrected chi connectivity index (χ4v) is 1.57. The summed E-state index contributed by atoms with van der Waals surface area (Å²) in [6.07, 6.45) is -4.57. The molecule has 0 aliphatic heterocycles. The molecule has 0 fully saturated rings. The number of thiazole rings is 1. The zero-order valence-corrected chi connectivity index (χ0v) is 8.00. The van der Waals surface area contributed by atoms with Crippen molar-refractivity contribution in [3.05, 3.63) is 16.1 Å². The van der Waals surface area contributed by atoms with E-state index >= 15 is 0 Å². The number of carbonyl (C=O) groups excluding carboxylic acids is 1. The van der Waals surface area contributed by atoms with Crippen LogP contribution in [-0.2, 0) is 6.18 Å². The Kier molecular flexibility index (Phi) is 3.10. The van der Waals surface area contributed by atoms with Crippen molar-refractivity contribution in [1.29, 1.82) is 0 Å². The fourth-order valence-electron chi connectivity index (χ4n) is 0.850. The summed E-state index contributed by atoms with van der Waals surface area (Å²) < 4.78 is 36.7. The topological polar surface area (TPSA) is 42.0 Å². The number of hydrogen-bond donors (Lipinski definition) is 1. The van der Waals surface area contributed by atoms with Crippen LogP contribution in [0.3, 0.4) is 0 Å². The van der Waals surface area contributed by atoms with Gasteiger partial charge in [0.1, 0.15) is 4.88 Å². The SMILES string of the molecule is CCNC(=O)c1scnc1C(F)(F)F. The standard InChI is InChI=1S/C7H7F3N2OS/c1-2-11-6(13)4-5(7(8,9)10)12-3-14-4/h3H,2H2,1H3,(H,11,13). The van der Waals surface area contributed by atoms with Gasteiger partial charge in [0.05, 0.1) is 5.51 Å². The van der Waals surface area contributed by atoms with Gasteiger partial charge < -0.3 is 5.32 Å². The van der Waals surface area contributed by atoms with Crippen LogP contribution in [-0.4, -0.2) is 17.4 Å². The van der Waals surface area contributed by atoms with Gasteiger partial charge in [-0.15, -0.1) is 11.3 Å². The van der Waals surface area contributed by atoms with Crippen LogP contribution in [0, 0.1) is 0 Å². The number of nitrogens with one attached hydrogen (secondary N) is 1. The summed E-state index contributed by atoms with van der Waals surface area (Å²) in [5, 5.41) is 2.29. The minimum atomic E-state index is -4.57. The predicted molar refractivity (Wildman–Crippen MR) is 45.1 cm³/mol. The summed E-state index contributed by atoms with van der Waals surface area (Å²) in [6.45, 7) is 1.92. The Morgan fingerprint density at radius 1 is 1.64 bits per heavy atom. The number of rotatable bonds is 2. The second kappa shape index (κ2) is 3.95. The van der Waals surface area contributed by atoms with Gasteiger partial charge >= 0.3 is 6.18 Å². The largest absolute Gasteiger partial charge is 0.434 e. The molecule has 0 atom stereocenters. The second-order valence-electron chi connectivity index (χ2n) is 2.39. The van der Waals surface area contributed by atoms with E-state index < -0.39 is 17.8 Å². The highest BCUT2D eigenvalue weighted by molar-refractivity contribution is 7.11. The van der Waals surface area contributed by atoms with Crippen molar-refractivity contribution in [3.8, 4) is 0 Å². The number of nitrogens with zero attached hydrogens (tertiary/aromatic N) is 1. The predicted octanol–water partition coefficient (Wildman–Crippen LogP) is 1.91. The van der Waals surface area contributed by atoms with Gasteiger partial charge in [0.15, 0.2) is 5.69 Å². The van der Waals surface area contributed by atoms with Crippen LogP contribution in [0.5, 0.6) is 0 Å². The summed E-state index contributed by atoms with van der Waals surface area (Å²) in [5.41, 5.74) is -0.110. The minimum Gasteiger partial charge on any atom is -0.352 e. The summed E-state index contributed by atoms with van der Waals surface area (Å²) in [7, 11) is 0. The molecule has 1 heterocycles. The first-order valence-electron chi connectivity index (χ1n) is 3.75. The molecule has 0 aliphatic carbocycles. The third-order valence-corrected chi connectivity index (χ3v) is 2.20. The van der Waals surface area contributed by atoms with Gasteiger partial charge in [-0.25, -0.2) is 4.98 Å². The van der Waals surface area contributed by atoms with Crippen LogP contribution in [0.1, 0.15) is 22.3 Å². The molecular weight excluding hydrogens is 217 g/mol. The third kappa shape index (κ3) is 2.22. The average molecular weight is 224 g/mol. The van der Waals surface area contributed by atoms with E-state index in [1.807, 2.05) is 0 Å². The van der Waals surface area contributed by atoms with E-state index in [4.69, 9.17) is 0 Å². The van der Waals surface area contributed by atoms with Crippen molar-refractivity contribution < 1.29 is 18.0 Å². The summed E-state index contributed by atoms with van der Waals surface area (Å²) in [6, 6.07) is 0. The quantitative estimate of drug-likeness (QED) is 0.833. The summed E-state index contributed by atoms with van der Waals surface area (Å²) in [4.78, 5) is 13.9. The molecule has 0 unspecified atom stereocenters. The molecular formula is C7H7F3N2OS. The third-order valence-electron chi connectivity index (χ3n) is 1.38. The Morgan fingerprint density at radius 2 is 2.29 bits per heavy atom. The van der Waals surface area contributed by atoms with Crippen LogP contribution in [0.15, 0.2) is 5.51 Å². The molecule has 0 aliphatic rings. The first kappa shape index (κ1) is 11.0. The lowest BCUT2D eigenvalue weighted by Gasteiger charge is -2.05. The molecule has 0 radical (unpaired) electrons. The van der Waals surface area contributed by atoms with Crippen LogP contribution in [0.2, 0.25) is 0 Å². The number of hydrogen-bond acceptors (Lipinski definition) is 3. The molecule has 3 nitrogen and oxygen atoms in total. The van der Waals surface area contributed by atoms with Crippen molar-refractivity contribution in [2.75, 3.05) is 6.54 Å². The number of aromatic nitrogens is 1. The molecule has 1 N–H and O–H groups in total. The number of carbonyl (C=O) groups is 1. The molecule has 0 aromatic carbocycles. The number of halogens is 3. The van der Waals surface area contributed by atoms with Crippen molar-refractivity contribution in [2.45, 2.75) is 13.1 Å². The normalized spacial score (nSPS) is 11.4. The monoisotopic (exact) mass is 224 g/mol. The highest BCUT2D eigenvalue weighted by atomic mass is 32.1. The Labute approximate surface area is 82.0 Å². The lowest BCUT2D eigenvalue weighted by Crippen LogP contribution is -2.24. The zero-order valence-electron chi connectivity index (χ0n) is 7.18. The lowest BCUT2D eigenvalue weighted by molar-refractivity contribution is -0.141. The molecule has 0 spiro atoms. The summed E-state index contributed by atoms with van der Waals surface area (Å²) in [5.74, 6) is -0.734. The van der Waals surface area contributed by atoms with E-state index in [0.29, 0.717) is 11.3 Å². The van der Waals surface area contributed by atoms with Gasteiger partial charge in [-0.1, -0.05) is 0 Å². The fraction of sp³-hybridized carbons (Fsp3) is 0.429. The highest BCUT2D eigenvalue weighted by Crippen LogP contribution is 2.32. The Bertz CT molecular complexity index is 334. The van der Waals surface area contributed by atoms with Gasteiger partial charge in [0.2, 0.25) is 0 Å². The van der Waals surface area contributed by atoms with E-state index in [0.717, 1.165) is 5.51 Å². The van der Waals surface area contributed by atoms with E-state index in [2.05, 4.69) is 10.3 Å².